The van der Waals surface area contributed by atoms with Gasteiger partial charge in [0, 0.05) is 26.2 Å². The number of hydrogen-bond donors (Lipinski definition) is 2. The summed E-state index contributed by atoms with van der Waals surface area (Å²) in [6.07, 6.45) is 5.16. The highest BCUT2D eigenvalue weighted by Gasteiger charge is 2.31. The molecule has 0 aromatic carbocycles. The van der Waals surface area contributed by atoms with Crippen molar-refractivity contribution in [2.45, 2.75) is 38.8 Å². The van der Waals surface area contributed by atoms with Crippen molar-refractivity contribution in [1.29, 1.82) is 0 Å². The molecule has 0 radical (unpaired) electrons. The largest absolute Gasteiger partial charge is 0.480 e. The van der Waals surface area contributed by atoms with E-state index in [9.17, 15) is 14.4 Å². The van der Waals surface area contributed by atoms with E-state index in [2.05, 4.69) is 15.6 Å². The van der Waals surface area contributed by atoms with E-state index in [1.807, 2.05) is 4.90 Å². The molecule has 2 aliphatic heterocycles. The van der Waals surface area contributed by atoms with Gasteiger partial charge in [-0.15, -0.1) is 5.10 Å². The molecule has 1 aromatic heterocycles. The summed E-state index contributed by atoms with van der Waals surface area (Å²) >= 11 is 0. The maximum atomic E-state index is 12.5. The molecule has 2 fully saturated rings. The Morgan fingerprint density at radius 2 is 1.88 bits per heavy atom. The quantitative estimate of drug-likeness (QED) is 0.753. The molecule has 3 heterocycles. The van der Waals surface area contributed by atoms with Crippen LogP contribution in [-0.4, -0.2) is 74.0 Å². The molecule has 3 rings (SSSR count). The van der Waals surface area contributed by atoms with Crippen LogP contribution in [0.25, 0.3) is 0 Å². The van der Waals surface area contributed by atoms with E-state index in [0.717, 1.165) is 38.8 Å². The predicted octanol–water partition coefficient (Wildman–Crippen LogP) is -0.0933. The highest BCUT2D eigenvalue weighted by atomic mass is 16.4. The van der Waals surface area contributed by atoms with E-state index in [-0.39, 0.29) is 30.9 Å². The Labute approximate surface area is 151 Å². The van der Waals surface area contributed by atoms with Crippen molar-refractivity contribution in [2.75, 3.05) is 26.2 Å². The van der Waals surface area contributed by atoms with Gasteiger partial charge in [-0.2, -0.15) is 0 Å². The zero-order valence-corrected chi connectivity index (χ0v) is 14.6. The smallest absolute Gasteiger partial charge is 0.325 e. The highest BCUT2D eigenvalue weighted by Crippen LogP contribution is 2.20. The lowest BCUT2D eigenvalue weighted by Gasteiger charge is -2.34. The van der Waals surface area contributed by atoms with Crippen LogP contribution in [0, 0.1) is 5.92 Å². The van der Waals surface area contributed by atoms with Crippen molar-refractivity contribution in [3.05, 3.63) is 11.9 Å². The first kappa shape index (κ1) is 18.2. The van der Waals surface area contributed by atoms with E-state index in [0.29, 0.717) is 18.8 Å². The predicted molar refractivity (Wildman–Crippen MR) is 90.0 cm³/mol. The minimum absolute atomic E-state index is 0.0385. The lowest BCUT2D eigenvalue weighted by molar-refractivity contribution is -0.138. The van der Waals surface area contributed by atoms with Crippen LogP contribution in [0.4, 0.5) is 4.79 Å². The molecule has 142 valence electrons. The van der Waals surface area contributed by atoms with Gasteiger partial charge in [0.1, 0.15) is 12.2 Å². The summed E-state index contributed by atoms with van der Waals surface area (Å²) in [5.41, 5.74) is 0.500. The van der Waals surface area contributed by atoms with Crippen molar-refractivity contribution in [1.82, 2.24) is 30.1 Å². The summed E-state index contributed by atoms with van der Waals surface area (Å²) in [6, 6.07) is 0.0385. The molecule has 1 atom stereocenters. The van der Waals surface area contributed by atoms with Gasteiger partial charge in [-0.1, -0.05) is 5.21 Å². The van der Waals surface area contributed by atoms with Gasteiger partial charge in [0.15, 0.2) is 0 Å². The number of aliphatic carboxylic acids is 1. The number of aromatic nitrogens is 3. The fraction of sp³-hybridized carbons (Fsp3) is 0.688. The molecular formula is C16H24N6O4. The van der Waals surface area contributed by atoms with Crippen molar-refractivity contribution in [3.8, 4) is 0 Å². The molecule has 1 unspecified atom stereocenters. The van der Waals surface area contributed by atoms with Crippen LogP contribution in [-0.2, 0) is 22.7 Å². The molecular weight excluding hydrogens is 340 g/mol. The number of urea groups is 1. The maximum Gasteiger partial charge on any atom is 0.325 e. The number of carboxylic acid groups (broad SMARTS) is 1. The fourth-order valence-corrected chi connectivity index (χ4v) is 3.43. The van der Waals surface area contributed by atoms with E-state index < -0.39 is 5.97 Å². The first-order valence-electron chi connectivity index (χ1n) is 8.95. The number of hydrogen-bond acceptors (Lipinski definition) is 5. The van der Waals surface area contributed by atoms with Crippen LogP contribution in [0.2, 0.25) is 0 Å². The summed E-state index contributed by atoms with van der Waals surface area (Å²) in [5.74, 6) is -1.35. The Hall–Kier alpha value is -2.65. The topological polar surface area (TPSA) is 121 Å². The maximum absolute atomic E-state index is 12.5. The third-order valence-electron chi connectivity index (χ3n) is 4.77. The van der Waals surface area contributed by atoms with Crippen LogP contribution in [0.3, 0.4) is 0 Å². The summed E-state index contributed by atoms with van der Waals surface area (Å²) < 4.78 is 1.21. The number of piperidine rings is 1. The van der Waals surface area contributed by atoms with E-state index >= 15 is 0 Å². The molecule has 0 spiro atoms. The number of carboxylic acids is 1. The minimum Gasteiger partial charge on any atom is -0.480 e. The molecule has 0 bridgehead atoms. The van der Waals surface area contributed by atoms with Crippen molar-refractivity contribution >= 4 is 17.9 Å². The fourth-order valence-electron chi connectivity index (χ4n) is 3.43. The minimum atomic E-state index is -1.00. The summed E-state index contributed by atoms with van der Waals surface area (Å²) in [6.45, 7) is 2.66. The second kappa shape index (κ2) is 8.15. The van der Waals surface area contributed by atoms with Crippen LogP contribution in [0.1, 0.15) is 31.4 Å². The molecule has 10 nitrogen and oxygen atoms in total. The Bertz CT molecular complexity index is 669. The second-order valence-corrected chi connectivity index (χ2v) is 6.78. The molecule has 0 saturated carbocycles. The zero-order valence-electron chi connectivity index (χ0n) is 14.6. The molecule has 2 N–H and O–H groups in total. The van der Waals surface area contributed by atoms with Gasteiger partial charge in [0.2, 0.25) is 5.91 Å². The van der Waals surface area contributed by atoms with Gasteiger partial charge in [-0.25, -0.2) is 9.48 Å². The number of carbonyl (C=O) groups excluding carboxylic acids is 2. The lowest BCUT2D eigenvalue weighted by Crippen LogP contribution is -2.49. The third-order valence-corrected chi connectivity index (χ3v) is 4.77. The highest BCUT2D eigenvalue weighted by molar-refractivity contribution is 5.81. The normalized spacial score (nSPS) is 20.2. The number of rotatable bonds is 5. The monoisotopic (exact) mass is 364 g/mol. The van der Waals surface area contributed by atoms with Gasteiger partial charge >= 0.3 is 12.0 Å². The van der Waals surface area contributed by atoms with E-state index in [4.69, 9.17) is 5.11 Å². The van der Waals surface area contributed by atoms with Gasteiger partial charge in [0.25, 0.3) is 0 Å². The Kier molecular flexibility index (Phi) is 5.69. The average molecular weight is 364 g/mol. The Morgan fingerprint density at radius 1 is 1.15 bits per heavy atom. The van der Waals surface area contributed by atoms with Gasteiger partial charge in [-0.3, -0.25) is 9.59 Å². The lowest BCUT2D eigenvalue weighted by atomic mass is 9.97. The van der Waals surface area contributed by atoms with Crippen molar-refractivity contribution in [3.63, 3.8) is 0 Å². The standard InChI is InChI=1S/C16H24N6O4/c23-14(24)11-22-10-13(18-19-22)8-17-15(25)12-4-3-7-21(9-12)16(26)20-5-1-2-6-20/h10,12H,1-9,11H2,(H,17,25)(H,23,24). The first-order valence-corrected chi connectivity index (χ1v) is 8.95. The van der Waals surface area contributed by atoms with Gasteiger partial charge in [-0.05, 0) is 25.7 Å². The molecule has 10 heteroatoms. The van der Waals surface area contributed by atoms with Crippen molar-refractivity contribution in [2.24, 2.45) is 5.92 Å². The number of nitrogens with zero attached hydrogens (tertiary/aromatic N) is 5. The number of nitrogens with one attached hydrogen (secondary N) is 1. The first-order chi connectivity index (χ1) is 12.5. The molecule has 3 amide bonds. The van der Waals surface area contributed by atoms with Crippen LogP contribution >= 0.6 is 0 Å². The van der Waals surface area contributed by atoms with Gasteiger partial charge in [0.05, 0.1) is 18.7 Å². The molecule has 2 saturated heterocycles. The van der Waals surface area contributed by atoms with Crippen LogP contribution in [0.15, 0.2) is 6.20 Å². The SMILES string of the molecule is O=C(O)Cn1cc(CNC(=O)C2CCCN(C(=O)N3CCCC3)C2)nn1. The number of amides is 3. The van der Waals surface area contributed by atoms with E-state index in [1.54, 1.807) is 4.90 Å². The number of likely N-dealkylation sites (tertiary alicyclic amines) is 2. The summed E-state index contributed by atoms with van der Waals surface area (Å²) in [5, 5.41) is 19.1. The summed E-state index contributed by atoms with van der Waals surface area (Å²) in [7, 11) is 0. The Balaban J connectivity index is 1.48. The Morgan fingerprint density at radius 3 is 2.62 bits per heavy atom. The molecule has 0 aliphatic carbocycles. The molecule has 1 aromatic rings. The van der Waals surface area contributed by atoms with Crippen LogP contribution in [0.5, 0.6) is 0 Å². The van der Waals surface area contributed by atoms with Crippen molar-refractivity contribution < 1.29 is 19.5 Å². The third kappa shape index (κ3) is 4.50. The molecule has 26 heavy (non-hydrogen) atoms. The van der Waals surface area contributed by atoms with E-state index in [1.165, 1.54) is 10.9 Å². The number of carbonyl (C=O) groups is 3. The average Bonchev–Trinajstić information content (AvgIpc) is 3.30. The summed E-state index contributed by atoms with van der Waals surface area (Å²) in [4.78, 5) is 39.2. The molecule has 2 aliphatic rings. The second-order valence-electron chi connectivity index (χ2n) is 6.78. The zero-order chi connectivity index (χ0) is 18.5. The van der Waals surface area contributed by atoms with Gasteiger partial charge < -0.3 is 20.2 Å². The van der Waals surface area contributed by atoms with Crippen LogP contribution < -0.4 is 5.32 Å².